The third kappa shape index (κ3) is 7.25. The first kappa shape index (κ1) is 31.4. The van der Waals surface area contributed by atoms with Gasteiger partial charge in [-0.2, -0.15) is 0 Å². The molecule has 0 radical (unpaired) electrons. The van der Waals surface area contributed by atoms with E-state index >= 15 is 0 Å². The summed E-state index contributed by atoms with van der Waals surface area (Å²) in [5, 5.41) is 11.6. The number of benzene rings is 2. The van der Waals surface area contributed by atoms with Crippen LogP contribution in [0.1, 0.15) is 56.8 Å². The summed E-state index contributed by atoms with van der Waals surface area (Å²) in [4.78, 5) is 30.8. The average Bonchev–Trinajstić information content (AvgIpc) is 3.22. The number of morpholine rings is 1. The number of Topliss-reactive ketones (excluding diaryl/α,β-unsaturated/α-hetero) is 1. The normalized spacial score (nSPS) is 19.1. The van der Waals surface area contributed by atoms with Crippen molar-refractivity contribution in [2.45, 2.75) is 53.2 Å². The molecule has 2 saturated heterocycles. The topological polar surface area (TPSA) is 97.8 Å². The highest BCUT2D eigenvalue weighted by atomic mass is 16.5. The van der Waals surface area contributed by atoms with Gasteiger partial charge in [0, 0.05) is 31.7 Å². The van der Waals surface area contributed by atoms with E-state index in [4.69, 9.17) is 18.9 Å². The number of carbonyl (C=O) groups excluding carboxylic acids is 2. The van der Waals surface area contributed by atoms with Crippen LogP contribution < -0.4 is 14.2 Å². The largest absolute Gasteiger partial charge is 0.507 e. The van der Waals surface area contributed by atoms with Crippen molar-refractivity contribution in [2.75, 3.05) is 53.1 Å². The van der Waals surface area contributed by atoms with Gasteiger partial charge in [-0.1, -0.05) is 19.9 Å². The predicted molar refractivity (Wildman–Crippen MR) is 161 cm³/mol. The molecule has 2 fully saturated rings. The van der Waals surface area contributed by atoms with Crippen LogP contribution in [0, 0.1) is 12.8 Å². The van der Waals surface area contributed by atoms with Crippen LogP contribution in [0.5, 0.6) is 17.2 Å². The van der Waals surface area contributed by atoms with E-state index in [0.717, 1.165) is 25.1 Å². The molecule has 42 heavy (non-hydrogen) atoms. The number of ketones is 1. The predicted octanol–water partition coefficient (Wildman–Crippen LogP) is 4.97. The first-order chi connectivity index (χ1) is 20.1. The van der Waals surface area contributed by atoms with E-state index in [9.17, 15) is 14.7 Å². The molecular formula is C33H44N2O7. The fourth-order valence-electron chi connectivity index (χ4n) is 5.25. The summed E-state index contributed by atoms with van der Waals surface area (Å²) in [6, 6.07) is 9.91. The number of hydrogen-bond acceptors (Lipinski definition) is 8. The van der Waals surface area contributed by atoms with Gasteiger partial charge in [-0.15, -0.1) is 0 Å². The van der Waals surface area contributed by atoms with E-state index < -0.39 is 17.7 Å². The van der Waals surface area contributed by atoms with E-state index in [0.29, 0.717) is 67.2 Å². The van der Waals surface area contributed by atoms with Crippen molar-refractivity contribution in [1.82, 2.24) is 9.80 Å². The monoisotopic (exact) mass is 580 g/mol. The Balaban J connectivity index is 1.74. The van der Waals surface area contributed by atoms with E-state index in [1.54, 1.807) is 42.3 Å². The summed E-state index contributed by atoms with van der Waals surface area (Å²) in [5.41, 5.74) is 1.97. The Morgan fingerprint density at radius 3 is 2.36 bits per heavy atom. The third-order valence-electron chi connectivity index (χ3n) is 7.57. The summed E-state index contributed by atoms with van der Waals surface area (Å²) in [6.07, 6.45) is 0.889. The van der Waals surface area contributed by atoms with Gasteiger partial charge in [0.05, 0.1) is 44.6 Å². The zero-order valence-electron chi connectivity index (χ0n) is 25.6. The molecule has 0 aromatic heterocycles. The highest BCUT2D eigenvalue weighted by Crippen LogP contribution is 2.42. The van der Waals surface area contributed by atoms with Crippen molar-refractivity contribution >= 4 is 17.4 Å². The lowest BCUT2D eigenvalue weighted by Crippen LogP contribution is -2.42. The van der Waals surface area contributed by atoms with Crippen molar-refractivity contribution in [3.05, 3.63) is 58.7 Å². The average molecular weight is 581 g/mol. The quantitative estimate of drug-likeness (QED) is 0.214. The maximum absolute atomic E-state index is 13.6. The molecule has 4 rings (SSSR count). The number of aliphatic hydroxyl groups excluding tert-OH is 1. The molecule has 2 heterocycles. The Morgan fingerprint density at radius 1 is 1.00 bits per heavy atom. The molecule has 9 nitrogen and oxygen atoms in total. The minimum atomic E-state index is -0.795. The number of ether oxygens (including phenoxy) is 4. The van der Waals surface area contributed by atoms with E-state index in [-0.39, 0.29) is 17.4 Å². The summed E-state index contributed by atoms with van der Waals surface area (Å²) in [5.74, 6) is 0.712. The summed E-state index contributed by atoms with van der Waals surface area (Å²) < 4.78 is 23.0. The number of methoxy groups -OCH3 is 1. The Morgan fingerprint density at radius 2 is 1.71 bits per heavy atom. The number of nitrogens with zero attached hydrogens (tertiary/aromatic N) is 2. The van der Waals surface area contributed by atoms with Crippen LogP contribution in [0.4, 0.5) is 0 Å². The molecule has 1 amide bonds. The minimum absolute atomic E-state index is 0.00718. The van der Waals surface area contributed by atoms with Crippen LogP contribution in [-0.2, 0) is 14.3 Å². The molecule has 1 atom stereocenters. The fraction of sp³-hybridized carbons (Fsp3) is 0.515. The van der Waals surface area contributed by atoms with Crippen LogP contribution in [0.25, 0.3) is 5.76 Å². The third-order valence-corrected chi connectivity index (χ3v) is 7.57. The maximum atomic E-state index is 13.6. The molecule has 0 spiro atoms. The lowest BCUT2D eigenvalue weighted by molar-refractivity contribution is -0.140. The van der Waals surface area contributed by atoms with Gasteiger partial charge in [0.15, 0.2) is 11.5 Å². The molecule has 2 aromatic carbocycles. The molecule has 2 aliphatic heterocycles. The molecule has 1 N–H and O–H groups in total. The molecule has 2 aliphatic rings. The van der Waals surface area contributed by atoms with Gasteiger partial charge in [-0.3, -0.25) is 14.5 Å². The van der Waals surface area contributed by atoms with E-state index in [2.05, 4.69) is 18.7 Å². The Kier molecular flexibility index (Phi) is 10.5. The molecular weight excluding hydrogens is 536 g/mol. The van der Waals surface area contributed by atoms with Crippen molar-refractivity contribution in [1.29, 1.82) is 0 Å². The first-order valence-corrected chi connectivity index (χ1v) is 14.8. The van der Waals surface area contributed by atoms with Crippen molar-refractivity contribution in [3.63, 3.8) is 0 Å². The molecule has 0 bridgehead atoms. The Hall–Kier alpha value is -3.56. The second-order valence-electron chi connectivity index (χ2n) is 11.5. The molecule has 0 saturated carbocycles. The summed E-state index contributed by atoms with van der Waals surface area (Å²) in [6.45, 7) is 14.3. The Bertz CT molecular complexity index is 1300. The van der Waals surface area contributed by atoms with Crippen LogP contribution in [0.2, 0.25) is 0 Å². The number of hydrogen-bond donors (Lipinski definition) is 1. The summed E-state index contributed by atoms with van der Waals surface area (Å²) in [7, 11) is 1.56. The number of rotatable bonds is 12. The van der Waals surface area contributed by atoms with Crippen LogP contribution in [0.15, 0.2) is 42.0 Å². The summed E-state index contributed by atoms with van der Waals surface area (Å²) >= 11 is 0. The van der Waals surface area contributed by atoms with Gasteiger partial charge in [0.1, 0.15) is 11.5 Å². The van der Waals surface area contributed by atoms with Crippen molar-refractivity contribution < 1.29 is 33.6 Å². The number of aliphatic hydroxyl groups is 1. The van der Waals surface area contributed by atoms with Gasteiger partial charge in [0.25, 0.3) is 11.7 Å². The number of carbonyl (C=O) groups is 2. The second kappa shape index (κ2) is 14.1. The van der Waals surface area contributed by atoms with Gasteiger partial charge in [-0.05, 0) is 74.6 Å². The molecule has 0 aliphatic carbocycles. The SMILES string of the molecule is COc1cc(C2/C(=C(\O)c3ccc(OC(C)C)c(C)c3)C(=O)C(=O)N2CCN2CCOCC2)ccc1OCCC(C)C. The number of likely N-dealkylation sites (tertiary alicyclic amines) is 1. The Labute approximate surface area is 249 Å². The zero-order valence-corrected chi connectivity index (χ0v) is 25.6. The molecule has 9 heteroatoms. The van der Waals surface area contributed by atoms with E-state index in [1.165, 1.54) is 0 Å². The van der Waals surface area contributed by atoms with Crippen molar-refractivity contribution in [3.8, 4) is 17.2 Å². The van der Waals surface area contributed by atoms with Crippen LogP contribution in [0.3, 0.4) is 0 Å². The lowest BCUT2D eigenvalue weighted by atomic mass is 9.94. The van der Waals surface area contributed by atoms with Gasteiger partial charge in [0.2, 0.25) is 0 Å². The molecule has 2 aromatic rings. The zero-order chi connectivity index (χ0) is 30.4. The highest BCUT2D eigenvalue weighted by Gasteiger charge is 2.46. The number of aryl methyl sites for hydroxylation is 1. The smallest absolute Gasteiger partial charge is 0.295 e. The molecule has 1 unspecified atom stereocenters. The van der Waals surface area contributed by atoms with E-state index in [1.807, 2.05) is 26.8 Å². The highest BCUT2D eigenvalue weighted by molar-refractivity contribution is 6.46. The van der Waals surface area contributed by atoms with Crippen LogP contribution in [-0.4, -0.2) is 85.8 Å². The van der Waals surface area contributed by atoms with Gasteiger partial charge < -0.3 is 29.0 Å². The number of amides is 1. The minimum Gasteiger partial charge on any atom is -0.507 e. The first-order valence-electron chi connectivity index (χ1n) is 14.8. The molecule has 228 valence electrons. The standard InChI is InChI=1S/C33H44N2O7/c1-21(2)11-16-41-27-10-7-24(20-28(27)39-6)30-29(31(36)25-8-9-26(23(5)19-25)42-22(3)4)32(37)33(38)35(30)13-12-34-14-17-40-18-15-34/h7-10,19-22,30,36H,11-18H2,1-6H3/b31-29+. The maximum Gasteiger partial charge on any atom is 0.295 e. The lowest BCUT2D eigenvalue weighted by Gasteiger charge is -2.31. The van der Waals surface area contributed by atoms with Crippen molar-refractivity contribution in [2.24, 2.45) is 5.92 Å². The van der Waals surface area contributed by atoms with Gasteiger partial charge >= 0.3 is 0 Å². The second-order valence-corrected chi connectivity index (χ2v) is 11.5. The fourth-order valence-corrected chi connectivity index (χ4v) is 5.25. The van der Waals surface area contributed by atoms with Crippen LogP contribution >= 0.6 is 0 Å². The van der Waals surface area contributed by atoms with Gasteiger partial charge in [-0.25, -0.2) is 0 Å².